The van der Waals surface area contributed by atoms with E-state index in [0.29, 0.717) is 19.1 Å². The molecule has 0 saturated carbocycles. The number of carbonyl (C=O) groups excluding carboxylic acids is 5. The summed E-state index contributed by atoms with van der Waals surface area (Å²) in [5.41, 5.74) is 1.62. The predicted octanol–water partition coefficient (Wildman–Crippen LogP) is 0.371. The minimum Gasteiger partial charge on any atom is -0.353 e. The number of Topliss-reactive ketones (excluding diaryl/α,β-unsaturated/α-hetero) is 1. The van der Waals surface area contributed by atoms with Crippen LogP contribution in [0.5, 0.6) is 0 Å². The van der Waals surface area contributed by atoms with Gasteiger partial charge in [0.1, 0.15) is 18.0 Å². The van der Waals surface area contributed by atoms with Crippen molar-refractivity contribution in [2.45, 2.75) is 44.7 Å². The van der Waals surface area contributed by atoms with Crippen LogP contribution in [0, 0.1) is 5.92 Å². The lowest BCUT2D eigenvalue weighted by Crippen LogP contribution is -2.48. The van der Waals surface area contributed by atoms with Crippen LogP contribution in [0.25, 0.3) is 0 Å². The zero-order chi connectivity index (χ0) is 25.4. The van der Waals surface area contributed by atoms with Crippen LogP contribution in [0.3, 0.4) is 0 Å². The third-order valence-corrected chi connectivity index (χ3v) is 6.04. The molecule has 1 heterocycles. The second kappa shape index (κ2) is 11.9. The molecule has 184 valence electrons. The van der Waals surface area contributed by atoms with Gasteiger partial charge in [0.2, 0.25) is 17.6 Å². The maximum absolute atomic E-state index is 13.1. The Bertz CT molecular complexity index is 1190. The molecule has 0 aliphatic heterocycles. The highest BCUT2D eigenvalue weighted by atomic mass is 16.2. The number of carbonyl (C=O) groups is 5. The van der Waals surface area contributed by atoms with Gasteiger partial charge in [-0.3, -0.25) is 24.0 Å². The first-order valence-corrected chi connectivity index (χ1v) is 11.4. The molecule has 3 N–H and O–H groups in total. The molecule has 2 atom stereocenters. The topological polar surface area (TPSA) is 143 Å². The summed E-state index contributed by atoms with van der Waals surface area (Å²) in [7, 11) is 1.33. The molecule has 0 spiro atoms. The first-order valence-electron chi connectivity index (χ1n) is 11.4. The number of hydrogen-bond acceptors (Lipinski definition) is 6. The summed E-state index contributed by atoms with van der Waals surface area (Å²) in [5, 5.41) is 7.43. The SMILES string of the molecule is CNC(=O)C(=O)CCC(NC(=O)C1CCc2ccccc2C1)C(=O)Nc1cccn(CC=O)c1=O. The Morgan fingerprint density at radius 3 is 2.57 bits per heavy atom. The van der Waals surface area contributed by atoms with Gasteiger partial charge in [-0.1, -0.05) is 24.3 Å². The third-order valence-electron chi connectivity index (χ3n) is 6.04. The molecule has 10 heteroatoms. The number of nitrogens with zero attached hydrogens (tertiary/aromatic N) is 1. The molecule has 0 fully saturated rings. The maximum atomic E-state index is 13.1. The standard InChI is InChI=1S/C25H28N4O6/c1-26-24(34)21(31)11-10-19(23(33)28-20-7-4-12-29(13-14-30)25(20)35)27-22(32)18-9-8-16-5-2-3-6-17(16)15-18/h2-7,12,14,18-19H,8-11,13,15H2,1H3,(H,26,34)(H,27,32)(H,28,33). The van der Waals surface area contributed by atoms with Crippen molar-refractivity contribution in [3.63, 3.8) is 0 Å². The third kappa shape index (κ3) is 6.50. The summed E-state index contributed by atoms with van der Waals surface area (Å²) in [4.78, 5) is 73.0. The molecule has 2 aromatic rings. The summed E-state index contributed by atoms with van der Waals surface area (Å²) in [6, 6.07) is 9.61. The van der Waals surface area contributed by atoms with Gasteiger partial charge in [0.25, 0.3) is 11.5 Å². The van der Waals surface area contributed by atoms with Crippen molar-refractivity contribution in [1.29, 1.82) is 0 Å². The lowest BCUT2D eigenvalue weighted by atomic mass is 9.83. The highest BCUT2D eigenvalue weighted by Gasteiger charge is 2.29. The van der Waals surface area contributed by atoms with Crippen LogP contribution < -0.4 is 21.5 Å². The number of aldehydes is 1. The fraction of sp³-hybridized carbons (Fsp3) is 0.360. The Morgan fingerprint density at radius 2 is 1.86 bits per heavy atom. The molecular formula is C25H28N4O6. The summed E-state index contributed by atoms with van der Waals surface area (Å²) >= 11 is 0. The van der Waals surface area contributed by atoms with Gasteiger partial charge in [-0.05, 0) is 48.9 Å². The molecule has 1 aliphatic rings. The van der Waals surface area contributed by atoms with Crippen molar-refractivity contribution < 1.29 is 24.0 Å². The molecule has 35 heavy (non-hydrogen) atoms. The maximum Gasteiger partial charge on any atom is 0.287 e. The minimum atomic E-state index is -1.15. The van der Waals surface area contributed by atoms with Crippen LogP contribution in [0.4, 0.5) is 5.69 Å². The number of rotatable bonds is 10. The number of pyridine rings is 1. The number of nitrogens with one attached hydrogen (secondary N) is 3. The zero-order valence-electron chi connectivity index (χ0n) is 19.4. The number of anilines is 1. The molecule has 3 amide bonds. The molecule has 2 unspecified atom stereocenters. The number of ketones is 1. The monoisotopic (exact) mass is 480 g/mol. The van der Waals surface area contributed by atoms with E-state index in [1.54, 1.807) is 0 Å². The number of amides is 3. The van der Waals surface area contributed by atoms with Crippen molar-refractivity contribution in [2.75, 3.05) is 12.4 Å². The Labute approximate surface area is 202 Å². The fourth-order valence-corrected chi connectivity index (χ4v) is 4.08. The molecule has 0 bridgehead atoms. The summed E-state index contributed by atoms with van der Waals surface area (Å²) < 4.78 is 1.13. The number of fused-ring (bicyclic) bond motifs is 1. The average molecular weight is 481 g/mol. The van der Waals surface area contributed by atoms with Crippen LogP contribution in [-0.2, 0) is 43.4 Å². The Kier molecular flexibility index (Phi) is 8.66. The zero-order valence-corrected chi connectivity index (χ0v) is 19.4. The largest absolute Gasteiger partial charge is 0.353 e. The fourth-order valence-electron chi connectivity index (χ4n) is 4.08. The van der Waals surface area contributed by atoms with Crippen molar-refractivity contribution in [3.8, 4) is 0 Å². The van der Waals surface area contributed by atoms with E-state index in [4.69, 9.17) is 0 Å². The van der Waals surface area contributed by atoms with Gasteiger partial charge in [0.15, 0.2) is 0 Å². The Hall–Kier alpha value is -4.08. The highest BCUT2D eigenvalue weighted by Crippen LogP contribution is 2.25. The number of hydrogen-bond donors (Lipinski definition) is 3. The number of aromatic nitrogens is 1. The number of likely N-dealkylation sites (N-methyl/N-ethyl adjacent to an activating group) is 1. The van der Waals surface area contributed by atoms with Gasteiger partial charge in [-0.2, -0.15) is 0 Å². The van der Waals surface area contributed by atoms with Crippen molar-refractivity contribution in [1.82, 2.24) is 15.2 Å². The van der Waals surface area contributed by atoms with Crippen LogP contribution >= 0.6 is 0 Å². The van der Waals surface area contributed by atoms with Crippen LogP contribution in [0.15, 0.2) is 47.4 Å². The van der Waals surface area contributed by atoms with E-state index in [-0.39, 0.29) is 36.9 Å². The summed E-state index contributed by atoms with van der Waals surface area (Å²) in [6.07, 6.45) is 3.46. The van der Waals surface area contributed by atoms with Crippen molar-refractivity contribution in [3.05, 3.63) is 64.1 Å². The van der Waals surface area contributed by atoms with Gasteiger partial charge < -0.3 is 25.3 Å². The molecule has 1 aliphatic carbocycles. The van der Waals surface area contributed by atoms with E-state index in [1.807, 2.05) is 24.3 Å². The second-order valence-corrected chi connectivity index (χ2v) is 8.35. The van der Waals surface area contributed by atoms with Crippen molar-refractivity contribution in [2.24, 2.45) is 5.92 Å². The van der Waals surface area contributed by atoms with Crippen LogP contribution in [0.1, 0.15) is 30.4 Å². The lowest BCUT2D eigenvalue weighted by Gasteiger charge is -2.26. The normalized spacial score (nSPS) is 15.3. The van der Waals surface area contributed by atoms with Gasteiger partial charge >= 0.3 is 0 Å². The van der Waals surface area contributed by atoms with Crippen LogP contribution in [0.2, 0.25) is 0 Å². The van der Waals surface area contributed by atoms with Gasteiger partial charge in [0.05, 0.1) is 6.54 Å². The van der Waals surface area contributed by atoms with E-state index in [2.05, 4.69) is 16.0 Å². The summed E-state index contributed by atoms with van der Waals surface area (Å²) in [6.45, 7) is -0.174. The van der Waals surface area contributed by atoms with Gasteiger partial charge in [0, 0.05) is 25.6 Å². The molecule has 3 rings (SSSR count). The minimum absolute atomic E-state index is 0.0668. The van der Waals surface area contributed by atoms with E-state index in [0.717, 1.165) is 16.6 Å². The molecule has 0 radical (unpaired) electrons. The molecular weight excluding hydrogens is 452 g/mol. The average Bonchev–Trinajstić information content (AvgIpc) is 2.87. The van der Waals surface area contributed by atoms with E-state index in [9.17, 15) is 28.8 Å². The predicted molar refractivity (Wildman–Crippen MR) is 128 cm³/mol. The number of benzene rings is 1. The lowest BCUT2D eigenvalue weighted by molar-refractivity contribution is -0.138. The first kappa shape index (κ1) is 25.5. The highest BCUT2D eigenvalue weighted by molar-refractivity contribution is 6.36. The van der Waals surface area contributed by atoms with E-state index < -0.39 is 29.2 Å². The quantitative estimate of drug-likeness (QED) is 0.331. The molecule has 10 nitrogen and oxygen atoms in total. The molecule has 1 aromatic carbocycles. The van der Waals surface area contributed by atoms with E-state index in [1.165, 1.54) is 30.9 Å². The number of aryl methyl sites for hydroxylation is 1. The Morgan fingerprint density at radius 1 is 1.11 bits per heavy atom. The summed E-state index contributed by atoms with van der Waals surface area (Å²) in [5.74, 6) is -2.89. The second-order valence-electron chi connectivity index (χ2n) is 8.35. The van der Waals surface area contributed by atoms with Gasteiger partial charge in [-0.15, -0.1) is 0 Å². The van der Waals surface area contributed by atoms with Crippen molar-refractivity contribution >= 4 is 35.5 Å². The van der Waals surface area contributed by atoms with Gasteiger partial charge in [-0.25, -0.2) is 0 Å². The smallest absolute Gasteiger partial charge is 0.287 e. The Balaban J connectivity index is 1.75. The first-order chi connectivity index (χ1) is 16.8. The van der Waals surface area contributed by atoms with Crippen LogP contribution in [-0.4, -0.2) is 47.4 Å². The molecule has 0 saturated heterocycles. The van der Waals surface area contributed by atoms with E-state index >= 15 is 0 Å². The molecule has 1 aromatic heterocycles.